The van der Waals surface area contributed by atoms with Gasteiger partial charge in [-0.05, 0) is 38.1 Å². The maximum Gasteiger partial charge on any atom is 0.337 e. The largest absolute Gasteiger partial charge is 0.478 e. The fourth-order valence-electron chi connectivity index (χ4n) is 2.51. The lowest BCUT2D eigenvalue weighted by molar-refractivity contribution is -0.127. The zero-order valence-corrected chi connectivity index (χ0v) is 14.7. The van der Waals surface area contributed by atoms with Crippen molar-refractivity contribution in [1.82, 2.24) is 5.01 Å². The summed E-state index contributed by atoms with van der Waals surface area (Å²) < 4.78 is 0. The molecule has 0 aromatic heterocycles. The number of aromatic carboxylic acids is 1. The molecule has 0 saturated carbocycles. The molecule has 27 heavy (non-hydrogen) atoms. The molecular formula is C19H16N4O4. The molecule has 0 radical (unpaired) electrons. The minimum atomic E-state index is -1.15. The lowest BCUT2D eigenvalue weighted by atomic mass is 10.1. The molecule has 0 saturated heterocycles. The van der Waals surface area contributed by atoms with Gasteiger partial charge in [0, 0.05) is 5.56 Å². The summed E-state index contributed by atoms with van der Waals surface area (Å²) in [4.78, 5) is 36.3. The van der Waals surface area contributed by atoms with Crippen molar-refractivity contribution >= 4 is 29.2 Å². The summed E-state index contributed by atoms with van der Waals surface area (Å²) in [5.74, 6) is -2.33. The summed E-state index contributed by atoms with van der Waals surface area (Å²) in [5.41, 5.74) is 1.71. The molecule has 0 spiro atoms. The number of hydrogen-bond donors (Lipinski definition) is 1. The lowest BCUT2D eigenvalue weighted by Crippen LogP contribution is -2.34. The van der Waals surface area contributed by atoms with Gasteiger partial charge in [0.05, 0.1) is 17.0 Å². The van der Waals surface area contributed by atoms with Crippen LogP contribution in [0.4, 0.5) is 5.69 Å². The molecule has 0 bridgehead atoms. The molecule has 2 amide bonds. The van der Waals surface area contributed by atoms with Crippen molar-refractivity contribution in [2.75, 3.05) is 0 Å². The molecule has 0 fully saturated rings. The number of aryl methyl sites for hydroxylation is 1. The Morgan fingerprint density at radius 2 is 1.74 bits per heavy atom. The molecule has 1 atom stereocenters. The first kappa shape index (κ1) is 18.1. The third-order valence-corrected chi connectivity index (χ3v) is 4.00. The summed E-state index contributed by atoms with van der Waals surface area (Å²) in [6, 6.07) is 11.8. The molecule has 1 heterocycles. The Balaban J connectivity index is 1.82. The van der Waals surface area contributed by atoms with Crippen LogP contribution in [0.15, 0.2) is 63.9 Å². The van der Waals surface area contributed by atoms with Gasteiger partial charge in [0.2, 0.25) is 0 Å². The van der Waals surface area contributed by atoms with Gasteiger partial charge in [-0.2, -0.15) is 20.3 Å². The van der Waals surface area contributed by atoms with Crippen LogP contribution in [0.2, 0.25) is 0 Å². The van der Waals surface area contributed by atoms with E-state index >= 15 is 0 Å². The number of hydrazone groups is 1. The van der Waals surface area contributed by atoms with Crippen LogP contribution in [0.1, 0.15) is 33.2 Å². The Bertz CT molecular complexity index is 979. The van der Waals surface area contributed by atoms with Gasteiger partial charge < -0.3 is 5.11 Å². The molecule has 1 N–H and O–H groups in total. The van der Waals surface area contributed by atoms with E-state index in [1.54, 1.807) is 43.3 Å². The van der Waals surface area contributed by atoms with E-state index in [1.165, 1.54) is 12.1 Å². The Hall–Kier alpha value is -3.68. The van der Waals surface area contributed by atoms with E-state index in [0.717, 1.165) is 10.6 Å². The number of benzene rings is 2. The molecule has 8 heteroatoms. The summed E-state index contributed by atoms with van der Waals surface area (Å²) >= 11 is 0. The number of hydrogen-bond acceptors (Lipinski definition) is 6. The van der Waals surface area contributed by atoms with Gasteiger partial charge in [0.1, 0.15) is 0 Å². The predicted octanol–water partition coefficient (Wildman–Crippen LogP) is 3.20. The number of carbonyl (C=O) groups excluding carboxylic acids is 2. The molecule has 136 valence electrons. The van der Waals surface area contributed by atoms with Gasteiger partial charge in [0.15, 0.2) is 6.04 Å². The second-order valence-corrected chi connectivity index (χ2v) is 6.00. The van der Waals surface area contributed by atoms with Crippen LogP contribution in [0.3, 0.4) is 0 Å². The molecular weight excluding hydrogens is 348 g/mol. The highest BCUT2D eigenvalue weighted by Crippen LogP contribution is 2.22. The van der Waals surface area contributed by atoms with Gasteiger partial charge in [-0.3, -0.25) is 9.59 Å². The minimum absolute atomic E-state index is 0.0334. The minimum Gasteiger partial charge on any atom is -0.478 e. The fourth-order valence-corrected chi connectivity index (χ4v) is 2.51. The number of amides is 2. The standard InChI is InChI=1S/C19H16N4O4/c1-11-7-9-13(10-8-11)17(24)23-18(25)16(12(2)22-23)21-20-15-6-4-3-5-14(15)19(26)27/h3-10,16H,1-2H3,(H,26,27)/t16-/m0/s1. The zero-order valence-electron chi connectivity index (χ0n) is 14.7. The van der Waals surface area contributed by atoms with Crippen LogP contribution in [0, 0.1) is 6.92 Å². The van der Waals surface area contributed by atoms with Gasteiger partial charge >= 0.3 is 5.97 Å². The molecule has 0 aliphatic carbocycles. The summed E-state index contributed by atoms with van der Waals surface area (Å²) in [5, 5.41) is 21.8. The first-order valence-corrected chi connectivity index (χ1v) is 8.11. The lowest BCUT2D eigenvalue weighted by Gasteiger charge is -2.10. The van der Waals surface area contributed by atoms with Crippen molar-refractivity contribution in [3.8, 4) is 0 Å². The summed E-state index contributed by atoms with van der Waals surface area (Å²) in [7, 11) is 0. The first-order valence-electron chi connectivity index (χ1n) is 8.11. The number of carboxylic acid groups (broad SMARTS) is 1. The highest BCUT2D eigenvalue weighted by Gasteiger charge is 2.38. The Kier molecular flexibility index (Phi) is 4.89. The number of carbonyl (C=O) groups is 3. The van der Waals surface area contributed by atoms with E-state index in [2.05, 4.69) is 15.3 Å². The van der Waals surface area contributed by atoms with Gasteiger partial charge in [-0.1, -0.05) is 29.8 Å². The SMILES string of the molecule is CC1=NN(C(=O)c2ccc(C)cc2)C(=O)[C@H]1N=Nc1ccccc1C(=O)O. The molecule has 0 unspecified atom stereocenters. The zero-order chi connectivity index (χ0) is 19.6. The maximum absolute atomic E-state index is 12.6. The Labute approximate surface area is 154 Å². The normalized spacial score (nSPS) is 16.7. The van der Waals surface area contributed by atoms with E-state index in [-0.39, 0.29) is 11.3 Å². The summed E-state index contributed by atoms with van der Waals surface area (Å²) in [6.07, 6.45) is 0. The first-order chi connectivity index (χ1) is 12.9. The summed E-state index contributed by atoms with van der Waals surface area (Å²) in [6.45, 7) is 3.45. The van der Waals surface area contributed by atoms with Crippen molar-refractivity contribution in [3.05, 3.63) is 65.2 Å². The Morgan fingerprint density at radius 3 is 2.41 bits per heavy atom. The highest BCUT2D eigenvalue weighted by molar-refractivity contribution is 6.18. The molecule has 1 aliphatic heterocycles. The van der Waals surface area contributed by atoms with Gasteiger partial charge in [-0.25, -0.2) is 4.79 Å². The van der Waals surface area contributed by atoms with E-state index < -0.39 is 23.8 Å². The number of rotatable bonds is 4. The van der Waals surface area contributed by atoms with Crippen LogP contribution >= 0.6 is 0 Å². The van der Waals surface area contributed by atoms with E-state index in [1.807, 2.05) is 6.92 Å². The van der Waals surface area contributed by atoms with E-state index in [4.69, 9.17) is 0 Å². The quantitative estimate of drug-likeness (QED) is 0.663. The molecule has 2 aromatic carbocycles. The number of nitrogens with zero attached hydrogens (tertiary/aromatic N) is 4. The average Bonchev–Trinajstić information content (AvgIpc) is 2.94. The second-order valence-electron chi connectivity index (χ2n) is 6.00. The van der Waals surface area contributed by atoms with E-state index in [9.17, 15) is 19.5 Å². The van der Waals surface area contributed by atoms with Crippen LogP contribution in [-0.2, 0) is 4.79 Å². The highest BCUT2D eigenvalue weighted by atomic mass is 16.4. The van der Waals surface area contributed by atoms with Crippen molar-refractivity contribution in [3.63, 3.8) is 0 Å². The van der Waals surface area contributed by atoms with E-state index in [0.29, 0.717) is 11.3 Å². The second kappa shape index (κ2) is 7.28. The van der Waals surface area contributed by atoms with Crippen LogP contribution in [-0.4, -0.2) is 39.7 Å². The van der Waals surface area contributed by atoms with Crippen molar-refractivity contribution in [2.45, 2.75) is 19.9 Å². The van der Waals surface area contributed by atoms with Crippen molar-refractivity contribution in [2.24, 2.45) is 15.3 Å². The smallest absolute Gasteiger partial charge is 0.337 e. The maximum atomic E-state index is 12.6. The van der Waals surface area contributed by atoms with Crippen LogP contribution in [0.5, 0.6) is 0 Å². The molecule has 8 nitrogen and oxygen atoms in total. The predicted molar refractivity (Wildman–Crippen MR) is 97.2 cm³/mol. The van der Waals surface area contributed by atoms with Gasteiger partial charge in [-0.15, -0.1) is 0 Å². The molecule has 2 aromatic rings. The van der Waals surface area contributed by atoms with Crippen LogP contribution in [0.25, 0.3) is 0 Å². The monoisotopic (exact) mass is 364 g/mol. The van der Waals surface area contributed by atoms with Crippen molar-refractivity contribution in [1.29, 1.82) is 0 Å². The third kappa shape index (κ3) is 3.64. The number of azo groups is 1. The number of imide groups is 1. The third-order valence-electron chi connectivity index (χ3n) is 4.00. The Morgan fingerprint density at radius 1 is 1.07 bits per heavy atom. The van der Waals surface area contributed by atoms with Crippen LogP contribution < -0.4 is 0 Å². The number of carboxylic acids is 1. The van der Waals surface area contributed by atoms with Gasteiger partial charge in [0.25, 0.3) is 11.8 Å². The average molecular weight is 364 g/mol. The molecule has 3 rings (SSSR count). The van der Waals surface area contributed by atoms with Crippen molar-refractivity contribution < 1.29 is 19.5 Å². The fraction of sp³-hybridized carbons (Fsp3) is 0.158. The topological polar surface area (TPSA) is 112 Å². The molecule has 1 aliphatic rings.